The van der Waals surface area contributed by atoms with Gasteiger partial charge in [-0.15, -0.1) is 0 Å². The van der Waals surface area contributed by atoms with E-state index in [1.807, 2.05) is 19.1 Å². The maximum atomic E-state index is 6.03. The van der Waals surface area contributed by atoms with E-state index in [2.05, 4.69) is 32.8 Å². The zero-order valence-corrected chi connectivity index (χ0v) is 13.2. The van der Waals surface area contributed by atoms with E-state index in [1.54, 1.807) is 0 Å². The Hall–Kier alpha value is -0.610. The van der Waals surface area contributed by atoms with Gasteiger partial charge in [0.1, 0.15) is 0 Å². The van der Waals surface area contributed by atoms with Crippen molar-refractivity contribution in [2.75, 3.05) is 27.3 Å². The summed E-state index contributed by atoms with van der Waals surface area (Å²) in [4.78, 5) is 0. The summed E-state index contributed by atoms with van der Waals surface area (Å²) in [6, 6.07) is 0. The quantitative estimate of drug-likeness (QED) is 0.581. The van der Waals surface area contributed by atoms with Gasteiger partial charge in [-0.3, -0.25) is 0 Å². The molecule has 2 fully saturated rings. The molecule has 2 atom stereocenters. The first-order valence-electron chi connectivity index (χ1n) is 7.32. The van der Waals surface area contributed by atoms with Crippen molar-refractivity contribution in [1.82, 2.24) is 5.01 Å². The van der Waals surface area contributed by atoms with E-state index < -0.39 is 0 Å². The predicted octanol–water partition coefficient (Wildman–Crippen LogP) is 2.74. The fraction of sp³-hybridized carbons (Fsp3) is 0.933. The van der Waals surface area contributed by atoms with Gasteiger partial charge < -0.3 is 14.5 Å². The van der Waals surface area contributed by atoms with Gasteiger partial charge >= 0.3 is 0 Å². The number of ether oxygens (including phenoxy) is 2. The van der Waals surface area contributed by atoms with Crippen LogP contribution < -0.4 is 0 Å². The van der Waals surface area contributed by atoms with Crippen LogP contribution in [0.25, 0.3) is 0 Å². The number of hydrazone groups is 1. The van der Waals surface area contributed by atoms with Crippen LogP contribution in [0.1, 0.15) is 40.5 Å². The molecule has 0 N–H and O–H groups in total. The van der Waals surface area contributed by atoms with Crippen molar-refractivity contribution in [3.63, 3.8) is 0 Å². The summed E-state index contributed by atoms with van der Waals surface area (Å²) in [6.07, 6.45) is 1.99. The third-order valence-electron chi connectivity index (χ3n) is 4.14. The van der Waals surface area contributed by atoms with Crippen molar-refractivity contribution >= 4 is 5.71 Å². The lowest BCUT2D eigenvalue weighted by molar-refractivity contribution is -0.251. The molecule has 1 saturated heterocycles. The maximum absolute atomic E-state index is 6.03. The topological polar surface area (TPSA) is 34.1 Å². The summed E-state index contributed by atoms with van der Waals surface area (Å²) < 4.78 is 12.1. The van der Waals surface area contributed by atoms with Gasteiger partial charge in [0.05, 0.1) is 13.2 Å². The Balaban J connectivity index is 1.98. The van der Waals surface area contributed by atoms with Crippen molar-refractivity contribution in [2.24, 2.45) is 22.4 Å². The van der Waals surface area contributed by atoms with E-state index >= 15 is 0 Å². The molecule has 0 unspecified atom stereocenters. The molecule has 2 rings (SSSR count). The molecule has 0 aromatic carbocycles. The van der Waals surface area contributed by atoms with E-state index in [1.165, 1.54) is 5.71 Å². The largest absolute Gasteiger partial charge is 0.349 e. The van der Waals surface area contributed by atoms with Crippen molar-refractivity contribution in [3.8, 4) is 0 Å². The monoisotopic (exact) mass is 268 g/mol. The molecule has 110 valence electrons. The summed E-state index contributed by atoms with van der Waals surface area (Å²) in [7, 11) is 3.95. The molecule has 2 aliphatic rings. The van der Waals surface area contributed by atoms with Gasteiger partial charge in [-0.05, 0) is 6.42 Å². The molecule has 1 aliphatic carbocycles. The molecule has 1 aliphatic heterocycles. The van der Waals surface area contributed by atoms with Crippen LogP contribution >= 0.6 is 0 Å². The number of nitrogens with zero attached hydrogens (tertiary/aromatic N) is 2. The SMILES string of the molecule is CC/C(=N/N(C)C)[C@@H](C)[C@H]1CC12OCC(C)(C)CO2. The first-order chi connectivity index (χ1) is 8.80. The maximum Gasteiger partial charge on any atom is 0.172 e. The summed E-state index contributed by atoms with van der Waals surface area (Å²) in [6.45, 7) is 10.4. The normalized spacial score (nSPS) is 30.2. The van der Waals surface area contributed by atoms with Crippen LogP contribution in [-0.2, 0) is 9.47 Å². The number of hydrogen-bond donors (Lipinski definition) is 0. The highest BCUT2D eigenvalue weighted by Gasteiger charge is 2.62. The minimum absolute atomic E-state index is 0.146. The highest BCUT2D eigenvalue weighted by Crippen LogP contribution is 2.55. The van der Waals surface area contributed by atoms with E-state index in [4.69, 9.17) is 9.47 Å². The van der Waals surface area contributed by atoms with Crippen LogP contribution in [0.2, 0.25) is 0 Å². The van der Waals surface area contributed by atoms with E-state index in [9.17, 15) is 0 Å². The molecule has 1 saturated carbocycles. The molecule has 4 nitrogen and oxygen atoms in total. The molecule has 1 heterocycles. The van der Waals surface area contributed by atoms with Crippen molar-refractivity contribution in [3.05, 3.63) is 0 Å². The lowest BCUT2D eigenvalue weighted by atomic mass is 9.94. The Morgan fingerprint density at radius 1 is 1.32 bits per heavy atom. The Morgan fingerprint density at radius 3 is 2.37 bits per heavy atom. The number of rotatable bonds is 4. The van der Waals surface area contributed by atoms with Crippen molar-refractivity contribution in [1.29, 1.82) is 0 Å². The second-order valence-corrected chi connectivity index (χ2v) is 6.94. The molecule has 0 amide bonds. The van der Waals surface area contributed by atoms with Gasteiger partial charge in [-0.1, -0.05) is 27.7 Å². The van der Waals surface area contributed by atoms with Crippen LogP contribution in [0.15, 0.2) is 5.10 Å². The summed E-state index contributed by atoms with van der Waals surface area (Å²) >= 11 is 0. The highest BCUT2D eigenvalue weighted by atomic mass is 16.7. The molecule has 0 radical (unpaired) electrons. The van der Waals surface area contributed by atoms with Crippen LogP contribution in [0.4, 0.5) is 0 Å². The standard InChI is InChI=1S/C15H28N2O2/c1-7-13(16-17(5)6)11(2)12-8-15(12)18-9-14(3,4)10-19-15/h11-12H,7-10H2,1-6H3/b16-13-/t11-,12+/m0/s1. The van der Waals surface area contributed by atoms with E-state index in [0.717, 1.165) is 26.1 Å². The average Bonchev–Trinajstić information content (AvgIpc) is 3.04. The van der Waals surface area contributed by atoms with Crippen LogP contribution in [-0.4, -0.2) is 43.8 Å². The smallest absolute Gasteiger partial charge is 0.172 e. The zero-order valence-electron chi connectivity index (χ0n) is 13.2. The van der Waals surface area contributed by atoms with Gasteiger partial charge in [0.15, 0.2) is 5.79 Å². The Morgan fingerprint density at radius 2 is 1.89 bits per heavy atom. The minimum Gasteiger partial charge on any atom is -0.349 e. The Kier molecular flexibility index (Phi) is 3.94. The van der Waals surface area contributed by atoms with Crippen LogP contribution in [0, 0.1) is 17.3 Å². The van der Waals surface area contributed by atoms with Crippen LogP contribution in [0.3, 0.4) is 0 Å². The van der Waals surface area contributed by atoms with Crippen LogP contribution in [0.5, 0.6) is 0 Å². The first-order valence-corrected chi connectivity index (χ1v) is 7.32. The van der Waals surface area contributed by atoms with E-state index in [-0.39, 0.29) is 11.2 Å². The fourth-order valence-electron chi connectivity index (χ4n) is 2.83. The molecule has 4 heteroatoms. The lowest BCUT2D eigenvalue weighted by Gasteiger charge is -2.36. The molecule has 0 bridgehead atoms. The minimum atomic E-state index is -0.308. The lowest BCUT2D eigenvalue weighted by Crippen LogP contribution is -2.41. The summed E-state index contributed by atoms with van der Waals surface area (Å²) in [5.41, 5.74) is 1.39. The summed E-state index contributed by atoms with van der Waals surface area (Å²) in [5.74, 6) is 0.577. The predicted molar refractivity (Wildman–Crippen MR) is 77.1 cm³/mol. The molecular weight excluding hydrogens is 240 g/mol. The zero-order chi connectivity index (χ0) is 14.3. The van der Waals surface area contributed by atoms with Gasteiger partial charge in [0.25, 0.3) is 0 Å². The second kappa shape index (κ2) is 5.06. The van der Waals surface area contributed by atoms with Crippen molar-refractivity contribution < 1.29 is 9.47 Å². The van der Waals surface area contributed by atoms with Gasteiger partial charge in [-0.25, -0.2) is 0 Å². The van der Waals surface area contributed by atoms with Crippen molar-refractivity contribution in [2.45, 2.75) is 46.3 Å². The molecular formula is C15H28N2O2. The molecule has 19 heavy (non-hydrogen) atoms. The third-order valence-corrected chi connectivity index (χ3v) is 4.14. The van der Waals surface area contributed by atoms with E-state index in [0.29, 0.717) is 11.8 Å². The molecule has 0 aromatic rings. The van der Waals surface area contributed by atoms with Gasteiger partial charge in [0.2, 0.25) is 0 Å². The highest BCUT2D eigenvalue weighted by molar-refractivity contribution is 5.86. The Bertz CT molecular complexity index is 353. The fourth-order valence-corrected chi connectivity index (χ4v) is 2.83. The third kappa shape index (κ3) is 3.11. The Labute approximate surface area is 117 Å². The van der Waals surface area contributed by atoms with Gasteiger partial charge in [-0.2, -0.15) is 5.10 Å². The second-order valence-electron chi connectivity index (χ2n) is 6.94. The number of hydrogen-bond acceptors (Lipinski definition) is 4. The first kappa shape index (κ1) is 14.8. The summed E-state index contributed by atoms with van der Waals surface area (Å²) in [5, 5.41) is 6.49. The molecule has 0 aromatic heterocycles. The van der Waals surface area contributed by atoms with Gasteiger partial charge in [0, 0.05) is 43.5 Å². The average molecular weight is 268 g/mol. The molecule has 1 spiro atoms.